The van der Waals surface area contributed by atoms with Crippen molar-refractivity contribution in [2.75, 3.05) is 0 Å². The van der Waals surface area contributed by atoms with Gasteiger partial charge in [-0.25, -0.2) is 9.37 Å². The first kappa shape index (κ1) is 12.1. The molecule has 1 aromatic heterocycles. The Morgan fingerprint density at radius 1 is 1.18 bits per heavy atom. The molecule has 0 amide bonds. The first-order chi connectivity index (χ1) is 8.19. The molecule has 0 aliphatic rings. The second kappa shape index (κ2) is 5.29. The van der Waals surface area contributed by atoms with Crippen LogP contribution < -0.4 is 5.73 Å². The molecule has 2 aromatic rings. The van der Waals surface area contributed by atoms with Crippen LogP contribution in [0.15, 0.2) is 46.3 Å². The van der Waals surface area contributed by atoms with E-state index in [0.29, 0.717) is 6.54 Å². The summed E-state index contributed by atoms with van der Waals surface area (Å²) < 4.78 is 12.8. The van der Waals surface area contributed by atoms with E-state index in [1.807, 2.05) is 19.1 Å². The Morgan fingerprint density at radius 2 is 1.88 bits per heavy atom. The van der Waals surface area contributed by atoms with E-state index in [2.05, 4.69) is 4.98 Å². The van der Waals surface area contributed by atoms with E-state index in [0.717, 1.165) is 21.2 Å². The van der Waals surface area contributed by atoms with E-state index in [4.69, 9.17) is 5.73 Å². The number of benzene rings is 1. The number of nitrogens with zero attached hydrogens (tertiary/aromatic N) is 1. The summed E-state index contributed by atoms with van der Waals surface area (Å²) in [7, 11) is 0. The number of pyridine rings is 1. The van der Waals surface area contributed by atoms with E-state index in [9.17, 15) is 4.39 Å². The Kier molecular flexibility index (Phi) is 3.76. The van der Waals surface area contributed by atoms with Crippen LogP contribution in [-0.2, 0) is 6.54 Å². The van der Waals surface area contributed by atoms with Gasteiger partial charge in [0.25, 0.3) is 0 Å². The van der Waals surface area contributed by atoms with Gasteiger partial charge in [0.1, 0.15) is 10.8 Å². The lowest BCUT2D eigenvalue weighted by Crippen LogP contribution is -2.00. The zero-order valence-corrected chi connectivity index (χ0v) is 10.3. The minimum absolute atomic E-state index is 0.231. The fourth-order valence-electron chi connectivity index (χ4n) is 1.42. The summed E-state index contributed by atoms with van der Waals surface area (Å²) in [5, 5.41) is 0.888. The summed E-state index contributed by atoms with van der Waals surface area (Å²) in [6.45, 7) is 2.39. The summed E-state index contributed by atoms with van der Waals surface area (Å²) in [6, 6.07) is 10.3. The Labute approximate surface area is 104 Å². The highest BCUT2D eigenvalue weighted by Crippen LogP contribution is 2.28. The van der Waals surface area contributed by atoms with Crippen molar-refractivity contribution in [1.29, 1.82) is 0 Å². The highest BCUT2D eigenvalue weighted by atomic mass is 32.2. The molecule has 4 heteroatoms. The van der Waals surface area contributed by atoms with Crippen LogP contribution in [0, 0.1) is 12.7 Å². The highest BCUT2D eigenvalue weighted by molar-refractivity contribution is 7.99. The number of nitrogens with two attached hydrogens (primary N) is 1. The molecular weight excluding hydrogens is 235 g/mol. The van der Waals surface area contributed by atoms with Crippen molar-refractivity contribution < 1.29 is 4.39 Å². The van der Waals surface area contributed by atoms with Crippen molar-refractivity contribution in [3.05, 3.63) is 53.5 Å². The first-order valence-electron chi connectivity index (χ1n) is 5.29. The third-order valence-electron chi connectivity index (χ3n) is 2.33. The summed E-state index contributed by atoms with van der Waals surface area (Å²) in [6.07, 6.45) is 0. The predicted molar refractivity (Wildman–Crippen MR) is 67.4 cm³/mol. The van der Waals surface area contributed by atoms with Crippen LogP contribution in [-0.4, -0.2) is 4.98 Å². The van der Waals surface area contributed by atoms with Gasteiger partial charge in [0.2, 0.25) is 0 Å². The Bertz CT molecular complexity index is 511. The van der Waals surface area contributed by atoms with Gasteiger partial charge in [0.15, 0.2) is 0 Å². The van der Waals surface area contributed by atoms with Gasteiger partial charge in [0, 0.05) is 17.1 Å². The molecule has 0 aliphatic heterocycles. The molecule has 2 rings (SSSR count). The number of hydrogen-bond acceptors (Lipinski definition) is 3. The molecule has 0 spiro atoms. The summed E-state index contributed by atoms with van der Waals surface area (Å²) in [5.41, 5.74) is 7.62. The fourth-order valence-corrected chi connectivity index (χ4v) is 2.39. The molecule has 2 nitrogen and oxygen atoms in total. The summed E-state index contributed by atoms with van der Waals surface area (Å²) in [4.78, 5) is 5.41. The van der Waals surface area contributed by atoms with Gasteiger partial charge >= 0.3 is 0 Å². The van der Waals surface area contributed by atoms with Gasteiger partial charge in [-0.15, -0.1) is 0 Å². The maximum Gasteiger partial charge on any atom is 0.123 e. The van der Waals surface area contributed by atoms with Crippen molar-refractivity contribution in [3.8, 4) is 0 Å². The maximum atomic E-state index is 12.8. The van der Waals surface area contributed by atoms with Crippen LogP contribution in [0.25, 0.3) is 0 Å². The van der Waals surface area contributed by atoms with Crippen LogP contribution in [0.3, 0.4) is 0 Å². The van der Waals surface area contributed by atoms with E-state index in [-0.39, 0.29) is 5.82 Å². The lowest BCUT2D eigenvalue weighted by molar-refractivity contribution is 0.626. The molecule has 17 heavy (non-hydrogen) atoms. The van der Waals surface area contributed by atoms with Crippen molar-refractivity contribution in [1.82, 2.24) is 4.98 Å². The maximum absolute atomic E-state index is 12.8. The van der Waals surface area contributed by atoms with Crippen molar-refractivity contribution >= 4 is 11.8 Å². The topological polar surface area (TPSA) is 38.9 Å². The largest absolute Gasteiger partial charge is 0.326 e. The van der Waals surface area contributed by atoms with E-state index >= 15 is 0 Å². The lowest BCUT2D eigenvalue weighted by atomic mass is 10.2. The van der Waals surface area contributed by atoms with Gasteiger partial charge in [-0.2, -0.15) is 0 Å². The Hall–Kier alpha value is -1.39. The standard InChI is InChI=1S/C13H13FN2S/c1-9-2-3-10(8-15)13(16-9)17-12-6-4-11(14)5-7-12/h2-7H,8,15H2,1H3. The molecule has 1 aromatic carbocycles. The molecule has 0 radical (unpaired) electrons. The minimum Gasteiger partial charge on any atom is -0.326 e. The SMILES string of the molecule is Cc1ccc(CN)c(Sc2ccc(F)cc2)n1. The zero-order chi connectivity index (χ0) is 12.3. The molecular formula is C13H13FN2S. The van der Waals surface area contributed by atoms with E-state index in [1.54, 1.807) is 12.1 Å². The first-order valence-corrected chi connectivity index (χ1v) is 6.10. The monoisotopic (exact) mass is 248 g/mol. The molecule has 0 bridgehead atoms. The summed E-state index contributed by atoms with van der Waals surface area (Å²) >= 11 is 1.50. The van der Waals surface area contributed by atoms with E-state index < -0.39 is 0 Å². The molecule has 1 heterocycles. The number of aryl methyl sites for hydroxylation is 1. The second-order valence-electron chi connectivity index (χ2n) is 3.68. The van der Waals surface area contributed by atoms with Crippen LogP contribution in [0.1, 0.15) is 11.3 Å². The minimum atomic E-state index is -0.231. The number of rotatable bonds is 3. The predicted octanol–water partition coefficient (Wildman–Crippen LogP) is 3.14. The molecule has 0 aliphatic carbocycles. The number of aromatic nitrogens is 1. The third-order valence-corrected chi connectivity index (χ3v) is 3.38. The molecule has 0 unspecified atom stereocenters. The molecule has 0 saturated heterocycles. The number of halogens is 1. The summed E-state index contributed by atoms with van der Waals surface area (Å²) in [5.74, 6) is -0.231. The molecule has 0 fully saturated rings. The van der Waals surface area contributed by atoms with Gasteiger partial charge < -0.3 is 5.73 Å². The van der Waals surface area contributed by atoms with Gasteiger partial charge in [-0.1, -0.05) is 17.8 Å². The Balaban J connectivity index is 2.28. The Morgan fingerprint density at radius 3 is 2.53 bits per heavy atom. The van der Waals surface area contributed by atoms with Crippen LogP contribution in [0.2, 0.25) is 0 Å². The van der Waals surface area contributed by atoms with Crippen molar-refractivity contribution in [2.24, 2.45) is 5.73 Å². The van der Waals surface area contributed by atoms with Gasteiger partial charge in [-0.3, -0.25) is 0 Å². The van der Waals surface area contributed by atoms with E-state index in [1.165, 1.54) is 23.9 Å². The second-order valence-corrected chi connectivity index (χ2v) is 4.74. The van der Waals surface area contributed by atoms with Crippen LogP contribution in [0.5, 0.6) is 0 Å². The zero-order valence-electron chi connectivity index (χ0n) is 9.48. The average Bonchev–Trinajstić information content (AvgIpc) is 2.32. The molecule has 0 saturated carbocycles. The molecule has 0 atom stereocenters. The average molecular weight is 248 g/mol. The highest BCUT2D eigenvalue weighted by Gasteiger charge is 2.05. The van der Waals surface area contributed by atoms with Crippen LogP contribution in [0.4, 0.5) is 4.39 Å². The third kappa shape index (κ3) is 3.05. The molecule has 88 valence electrons. The van der Waals surface area contributed by atoms with Crippen molar-refractivity contribution in [3.63, 3.8) is 0 Å². The van der Waals surface area contributed by atoms with Gasteiger partial charge in [-0.05, 0) is 42.8 Å². The normalized spacial score (nSPS) is 10.5. The molecule has 2 N–H and O–H groups in total. The fraction of sp³-hybridized carbons (Fsp3) is 0.154. The van der Waals surface area contributed by atoms with Crippen LogP contribution >= 0.6 is 11.8 Å². The number of hydrogen-bond donors (Lipinski definition) is 1. The smallest absolute Gasteiger partial charge is 0.123 e. The van der Waals surface area contributed by atoms with Gasteiger partial charge in [0.05, 0.1) is 0 Å². The quantitative estimate of drug-likeness (QED) is 0.907. The lowest BCUT2D eigenvalue weighted by Gasteiger charge is -2.07. The van der Waals surface area contributed by atoms with Crippen molar-refractivity contribution in [2.45, 2.75) is 23.4 Å².